The molecule has 0 saturated heterocycles. The lowest BCUT2D eigenvalue weighted by Crippen LogP contribution is -2.22. The van der Waals surface area contributed by atoms with Gasteiger partial charge in [-0.15, -0.1) is 18.3 Å². The number of halogens is 6. The number of ether oxygens (including phenoxy) is 1. The Balaban J connectivity index is 1.38. The summed E-state index contributed by atoms with van der Waals surface area (Å²) in [5.74, 6) is -0.525. The van der Waals surface area contributed by atoms with Crippen LogP contribution in [0.15, 0.2) is 76.2 Å². The lowest BCUT2D eigenvalue weighted by atomic mass is 10.1. The normalized spacial score (nSPS) is 12.3. The molecule has 0 radical (unpaired) electrons. The molecule has 14 heteroatoms. The molecule has 3 heterocycles. The van der Waals surface area contributed by atoms with Crippen LogP contribution in [0.25, 0.3) is 28.2 Å². The average molecular weight is 521 g/mol. The molecule has 5 rings (SSSR count). The summed E-state index contributed by atoms with van der Waals surface area (Å²) < 4.78 is 87.2. The summed E-state index contributed by atoms with van der Waals surface area (Å²) in [6, 6.07) is 12.7. The van der Waals surface area contributed by atoms with E-state index >= 15 is 0 Å². The monoisotopic (exact) mass is 521 g/mol. The highest BCUT2D eigenvalue weighted by Gasteiger charge is 2.31. The highest BCUT2D eigenvalue weighted by molar-refractivity contribution is 5.65. The maximum absolute atomic E-state index is 13.0. The Hall–Kier alpha value is -4.62. The molecular formula is C23H13F6N5O3. The maximum atomic E-state index is 13.0. The largest absolute Gasteiger partial charge is 0.573 e. The van der Waals surface area contributed by atoms with Gasteiger partial charge in [0.1, 0.15) is 12.3 Å². The van der Waals surface area contributed by atoms with Gasteiger partial charge in [0, 0.05) is 11.8 Å². The van der Waals surface area contributed by atoms with E-state index in [1.807, 2.05) is 0 Å². The smallest absolute Gasteiger partial charge is 0.406 e. The second-order valence-electron chi connectivity index (χ2n) is 7.75. The number of alkyl halides is 6. The van der Waals surface area contributed by atoms with Crippen molar-refractivity contribution in [1.29, 1.82) is 0 Å². The molecule has 0 fully saturated rings. The van der Waals surface area contributed by atoms with Crippen LogP contribution in [0.5, 0.6) is 5.75 Å². The van der Waals surface area contributed by atoms with Gasteiger partial charge in [0.2, 0.25) is 0 Å². The quantitative estimate of drug-likeness (QED) is 0.297. The lowest BCUT2D eigenvalue weighted by Gasteiger charge is -2.09. The summed E-state index contributed by atoms with van der Waals surface area (Å²) in [6.45, 7) is -0.220. The Bertz CT molecular complexity index is 1630. The molecule has 3 aromatic heterocycles. The second kappa shape index (κ2) is 8.80. The highest BCUT2D eigenvalue weighted by Crippen LogP contribution is 2.32. The molecule has 37 heavy (non-hydrogen) atoms. The van der Waals surface area contributed by atoms with Gasteiger partial charge in [0.15, 0.2) is 11.5 Å². The molecule has 0 saturated carbocycles. The van der Waals surface area contributed by atoms with E-state index in [0.717, 1.165) is 28.9 Å². The third kappa shape index (κ3) is 5.17. The molecule has 0 atom stereocenters. The number of benzene rings is 2. The number of fused-ring (bicyclic) bond motifs is 1. The minimum atomic E-state index is -4.81. The zero-order valence-electron chi connectivity index (χ0n) is 18.3. The standard InChI is InChI=1S/C23H13F6N5O3/c24-22(25,26)16-3-1-2-14(10-16)20-30-18(32-37-20)12-34-21(35)33-11-15(6-9-19(33)31-34)13-4-7-17(8-5-13)36-23(27,28)29/h1-11H,12H2. The number of aromatic nitrogens is 5. The Morgan fingerprint density at radius 1 is 0.892 bits per heavy atom. The molecule has 0 unspecified atom stereocenters. The van der Waals surface area contributed by atoms with Crippen LogP contribution in [-0.4, -0.2) is 30.7 Å². The average Bonchev–Trinajstić information content (AvgIpc) is 3.43. The van der Waals surface area contributed by atoms with E-state index in [2.05, 4.69) is 20.0 Å². The van der Waals surface area contributed by atoms with Crippen molar-refractivity contribution in [1.82, 2.24) is 24.3 Å². The van der Waals surface area contributed by atoms with E-state index in [4.69, 9.17) is 4.52 Å². The first-order chi connectivity index (χ1) is 17.5. The van der Waals surface area contributed by atoms with Gasteiger partial charge in [0.25, 0.3) is 5.89 Å². The van der Waals surface area contributed by atoms with Gasteiger partial charge in [-0.3, -0.25) is 0 Å². The maximum Gasteiger partial charge on any atom is 0.573 e. The minimum Gasteiger partial charge on any atom is -0.406 e. The summed E-state index contributed by atoms with van der Waals surface area (Å²) >= 11 is 0. The van der Waals surface area contributed by atoms with Gasteiger partial charge in [-0.25, -0.2) is 13.9 Å². The van der Waals surface area contributed by atoms with Crippen molar-refractivity contribution in [3.63, 3.8) is 0 Å². The molecule has 0 spiro atoms. The number of pyridine rings is 1. The van der Waals surface area contributed by atoms with Crippen molar-refractivity contribution in [2.24, 2.45) is 0 Å². The van der Waals surface area contributed by atoms with E-state index in [1.54, 1.807) is 6.07 Å². The Labute approximate surface area is 202 Å². The van der Waals surface area contributed by atoms with Crippen LogP contribution in [0.1, 0.15) is 11.4 Å². The molecule has 8 nitrogen and oxygen atoms in total. The fourth-order valence-corrected chi connectivity index (χ4v) is 3.54. The zero-order chi connectivity index (χ0) is 26.4. The molecule has 0 aliphatic rings. The van der Waals surface area contributed by atoms with Crippen molar-refractivity contribution in [3.05, 3.63) is 88.7 Å². The molecule has 190 valence electrons. The summed E-state index contributed by atoms with van der Waals surface area (Å²) in [6.07, 6.45) is -7.89. The Morgan fingerprint density at radius 2 is 1.62 bits per heavy atom. The van der Waals surface area contributed by atoms with Crippen molar-refractivity contribution >= 4 is 5.65 Å². The SMILES string of the molecule is O=c1n(Cc2noc(-c3cccc(C(F)(F)F)c3)n2)nc2ccc(-c3ccc(OC(F)(F)F)cc3)cn12. The van der Waals surface area contributed by atoms with E-state index < -0.39 is 23.8 Å². The molecule has 0 aliphatic heterocycles. The Kier molecular flexibility index (Phi) is 5.73. The van der Waals surface area contributed by atoms with Crippen molar-refractivity contribution in [3.8, 4) is 28.3 Å². The number of rotatable bonds is 5. The fraction of sp³-hybridized carbons (Fsp3) is 0.130. The van der Waals surface area contributed by atoms with Crippen LogP contribution >= 0.6 is 0 Å². The third-order valence-corrected chi connectivity index (χ3v) is 5.19. The first-order valence-corrected chi connectivity index (χ1v) is 10.4. The molecule has 5 aromatic rings. The topological polar surface area (TPSA) is 87.5 Å². The molecular weight excluding hydrogens is 508 g/mol. The van der Waals surface area contributed by atoms with Crippen LogP contribution in [0.2, 0.25) is 0 Å². The summed E-state index contributed by atoms with van der Waals surface area (Å²) in [4.78, 5) is 16.9. The number of hydrogen-bond acceptors (Lipinski definition) is 6. The van der Waals surface area contributed by atoms with Gasteiger partial charge in [0.05, 0.1) is 5.56 Å². The summed E-state index contributed by atoms with van der Waals surface area (Å²) in [5, 5.41) is 7.90. The Morgan fingerprint density at radius 3 is 2.32 bits per heavy atom. The molecule has 0 bridgehead atoms. The van der Waals surface area contributed by atoms with Gasteiger partial charge in [-0.2, -0.15) is 18.2 Å². The third-order valence-electron chi connectivity index (χ3n) is 5.19. The predicted octanol–water partition coefficient (Wildman–Crippen LogP) is 5.18. The van der Waals surface area contributed by atoms with Crippen molar-refractivity contribution in [2.75, 3.05) is 0 Å². The second-order valence-corrected chi connectivity index (χ2v) is 7.75. The van der Waals surface area contributed by atoms with E-state index in [9.17, 15) is 31.1 Å². The van der Waals surface area contributed by atoms with Gasteiger partial charge < -0.3 is 9.26 Å². The molecule has 2 aromatic carbocycles. The van der Waals surface area contributed by atoms with Crippen LogP contribution in [0, 0.1) is 0 Å². The molecule has 0 N–H and O–H groups in total. The zero-order valence-corrected chi connectivity index (χ0v) is 18.3. The van der Waals surface area contributed by atoms with E-state index in [-0.39, 0.29) is 35.2 Å². The first-order valence-electron chi connectivity index (χ1n) is 10.4. The van der Waals surface area contributed by atoms with Gasteiger partial charge in [-0.1, -0.05) is 23.4 Å². The minimum absolute atomic E-state index is 0.0124. The number of nitrogens with zero attached hydrogens (tertiary/aromatic N) is 5. The molecule has 0 aliphatic carbocycles. The predicted molar refractivity (Wildman–Crippen MR) is 115 cm³/mol. The van der Waals surface area contributed by atoms with E-state index in [1.165, 1.54) is 40.9 Å². The van der Waals surface area contributed by atoms with Crippen molar-refractivity contribution in [2.45, 2.75) is 19.1 Å². The van der Waals surface area contributed by atoms with Crippen molar-refractivity contribution < 1.29 is 35.6 Å². The highest BCUT2D eigenvalue weighted by atomic mass is 19.4. The fourth-order valence-electron chi connectivity index (χ4n) is 3.54. The lowest BCUT2D eigenvalue weighted by molar-refractivity contribution is -0.274. The van der Waals surface area contributed by atoms with Gasteiger partial charge >= 0.3 is 18.2 Å². The van der Waals surface area contributed by atoms with Crippen LogP contribution in [0.3, 0.4) is 0 Å². The van der Waals surface area contributed by atoms with Gasteiger partial charge in [-0.05, 0) is 53.6 Å². The van der Waals surface area contributed by atoms with Crippen LogP contribution in [-0.2, 0) is 12.7 Å². The van der Waals surface area contributed by atoms with Crippen LogP contribution < -0.4 is 10.4 Å². The summed E-state index contributed by atoms with van der Waals surface area (Å²) in [7, 11) is 0. The number of hydrogen-bond donors (Lipinski definition) is 0. The van der Waals surface area contributed by atoms with Crippen LogP contribution in [0.4, 0.5) is 26.3 Å². The van der Waals surface area contributed by atoms with E-state index in [0.29, 0.717) is 11.1 Å². The first kappa shape index (κ1) is 24.1. The summed E-state index contributed by atoms with van der Waals surface area (Å²) in [5.41, 5.74) is -0.0578. The molecule has 0 amide bonds.